The maximum Gasteiger partial charge on any atom is 0.490 e. The van der Waals surface area contributed by atoms with Gasteiger partial charge < -0.3 is 20.8 Å². The van der Waals surface area contributed by atoms with Crippen LogP contribution >= 0.6 is 45.8 Å². The number of benzene rings is 2. The molecule has 0 radical (unpaired) electrons. The van der Waals surface area contributed by atoms with Gasteiger partial charge in [0.2, 0.25) is 0 Å². The number of hydrogen-bond acceptors (Lipinski definition) is 6. The van der Waals surface area contributed by atoms with E-state index in [2.05, 4.69) is 9.97 Å². The predicted molar refractivity (Wildman–Crippen MR) is 192 cm³/mol. The summed E-state index contributed by atoms with van der Waals surface area (Å²) in [5.41, 5.74) is 17.6. The van der Waals surface area contributed by atoms with Gasteiger partial charge in [-0.2, -0.15) is 0 Å². The molecule has 0 bridgehead atoms. The SMILES string of the molecule is CC1(C)OB(C2=Cc3c(F)cccc3C2)OC1(C)C.Nc1ccc(Cl)nc1C1=Cc2c(F)cccc2C1.Nc1ccc(Cl)nc1I. The number of allylic oxidation sites excluding steroid dienone is 2. The van der Waals surface area contributed by atoms with Crippen molar-refractivity contribution in [3.05, 3.63) is 120 Å². The molecule has 1 saturated heterocycles. The lowest BCUT2D eigenvalue weighted by atomic mass is 9.77. The molecule has 7 rings (SSSR count). The second-order valence-electron chi connectivity index (χ2n) is 12.0. The van der Waals surface area contributed by atoms with Crippen molar-refractivity contribution >= 4 is 82.0 Å². The number of nitrogens with two attached hydrogens (primary N) is 2. The number of hydrogen-bond donors (Lipinski definition) is 2. The van der Waals surface area contributed by atoms with Crippen molar-refractivity contribution in [2.24, 2.45) is 0 Å². The van der Waals surface area contributed by atoms with Gasteiger partial charge in [0, 0.05) is 17.5 Å². The molecule has 238 valence electrons. The number of halogens is 5. The fourth-order valence-electron chi connectivity index (χ4n) is 5.11. The molecule has 2 aromatic carbocycles. The van der Waals surface area contributed by atoms with Gasteiger partial charge in [0.15, 0.2) is 0 Å². The average Bonchev–Trinajstić information content (AvgIpc) is 3.68. The summed E-state index contributed by atoms with van der Waals surface area (Å²) in [6.45, 7) is 8.10. The molecule has 0 unspecified atom stereocenters. The van der Waals surface area contributed by atoms with E-state index in [0.717, 1.165) is 25.9 Å². The zero-order chi connectivity index (χ0) is 33.4. The molecule has 2 aliphatic carbocycles. The third-order valence-electron chi connectivity index (χ3n) is 8.31. The third-order valence-corrected chi connectivity index (χ3v) is 9.59. The van der Waals surface area contributed by atoms with Crippen molar-refractivity contribution in [1.82, 2.24) is 9.97 Å². The second kappa shape index (κ2) is 13.6. The van der Waals surface area contributed by atoms with E-state index < -0.39 is 0 Å². The summed E-state index contributed by atoms with van der Waals surface area (Å²) in [6.07, 6.45) is 4.99. The van der Waals surface area contributed by atoms with Crippen molar-refractivity contribution < 1.29 is 18.1 Å². The van der Waals surface area contributed by atoms with Gasteiger partial charge in [0.25, 0.3) is 0 Å². The maximum atomic E-state index is 13.7. The first kappa shape index (κ1) is 34.3. The lowest BCUT2D eigenvalue weighted by Gasteiger charge is -2.32. The van der Waals surface area contributed by atoms with Gasteiger partial charge in [0.1, 0.15) is 25.6 Å². The standard InChI is InChI=1S/C15H18BFO2.C14H10ClFN2.C5H4ClIN2/c1-14(2)15(3,4)19-16(18-14)11-8-10-6-5-7-13(17)12(10)9-11;15-13-5-4-12(17)14(18-13)9-6-8-2-1-3-11(16)10(8)7-9;6-4-2-1-3(8)5(7)9-4/h5-7,9H,8H2,1-4H3;1-5,7H,6,17H2;1-2H,8H2. The summed E-state index contributed by atoms with van der Waals surface area (Å²) in [6, 6.07) is 17.0. The molecule has 1 aliphatic heterocycles. The highest BCUT2D eigenvalue weighted by atomic mass is 127. The Labute approximate surface area is 291 Å². The molecular formula is C34H32BCl2F2IN4O2. The van der Waals surface area contributed by atoms with Gasteiger partial charge in [0.05, 0.1) is 28.3 Å². The molecule has 3 aliphatic rings. The van der Waals surface area contributed by atoms with Crippen LogP contribution < -0.4 is 11.5 Å². The van der Waals surface area contributed by atoms with E-state index in [9.17, 15) is 8.78 Å². The fourth-order valence-corrected chi connectivity index (χ4v) is 5.98. The largest absolute Gasteiger partial charge is 0.490 e. The molecule has 3 heterocycles. The quantitative estimate of drug-likeness (QED) is 0.120. The first-order valence-electron chi connectivity index (χ1n) is 14.5. The Kier molecular flexibility index (Phi) is 10.1. The van der Waals surface area contributed by atoms with E-state index in [1.165, 1.54) is 12.1 Å². The minimum atomic E-state index is -0.378. The number of rotatable bonds is 2. The highest BCUT2D eigenvalue weighted by Crippen LogP contribution is 2.41. The predicted octanol–water partition coefficient (Wildman–Crippen LogP) is 8.87. The second-order valence-corrected chi connectivity index (χ2v) is 13.8. The first-order chi connectivity index (χ1) is 21.6. The molecule has 2 aromatic heterocycles. The van der Waals surface area contributed by atoms with Crippen LogP contribution in [0.25, 0.3) is 17.7 Å². The number of anilines is 2. The van der Waals surface area contributed by atoms with Crippen molar-refractivity contribution in [2.45, 2.75) is 51.7 Å². The average molecular weight is 775 g/mol. The van der Waals surface area contributed by atoms with E-state index in [1.54, 1.807) is 42.5 Å². The highest BCUT2D eigenvalue weighted by Gasteiger charge is 2.52. The van der Waals surface area contributed by atoms with Gasteiger partial charge in [-0.1, -0.05) is 53.5 Å². The van der Waals surface area contributed by atoms with Crippen molar-refractivity contribution in [3.63, 3.8) is 0 Å². The van der Waals surface area contributed by atoms with Gasteiger partial charge in [-0.3, -0.25) is 0 Å². The molecule has 12 heteroatoms. The van der Waals surface area contributed by atoms with E-state index in [-0.39, 0.29) is 30.0 Å². The van der Waals surface area contributed by atoms with Crippen molar-refractivity contribution in [3.8, 4) is 0 Å². The van der Waals surface area contributed by atoms with Crippen LogP contribution in [0.15, 0.2) is 66.1 Å². The summed E-state index contributed by atoms with van der Waals surface area (Å²) in [4.78, 5) is 8.12. The van der Waals surface area contributed by atoms with Gasteiger partial charge in [-0.25, -0.2) is 18.7 Å². The third kappa shape index (κ3) is 7.41. The number of fused-ring (bicyclic) bond motifs is 2. The monoisotopic (exact) mass is 774 g/mol. The van der Waals surface area contributed by atoms with E-state index >= 15 is 0 Å². The molecular weight excluding hydrogens is 743 g/mol. The molecule has 0 saturated carbocycles. The summed E-state index contributed by atoms with van der Waals surface area (Å²) >= 11 is 13.4. The van der Waals surface area contributed by atoms with Gasteiger partial charge in [-0.05, 0) is 121 Å². The molecule has 0 spiro atoms. The first-order valence-corrected chi connectivity index (χ1v) is 16.3. The van der Waals surface area contributed by atoms with Crippen molar-refractivity contribution in [2.75, 3.05) is 11.5 Å². The summed E-state index contributed by atoms with van der Waals surface area (Å²) in [5.74, 6) is -0.396. The minimum absolute atomic E-state index is 0.177. The van der Waals surface area contributed by atoms with E-state index in [0.29, 0.717) is 51.3 Å². The topological polar surface area (TPSA) is 96.3 Å². The van der Waals surface area contributed by atoms with Crippen LogP contribution in [-0.2, 0) is 22.2 Å². The number of pyridine rings is 2. The van der Waals surface area contributed by atoms with Crippen LogP contribution in [0.5, 0.6) is 0 Å². The van der Waals surface area contributed by atoms with Gasteiger partial charge in [-0.15, -0.1) is 0 Å². The van der Waals surface area contributed by atoms with Crippen LogP contribution in [-0.4, -0.2) is 28.3 Å². The fraction of sp³-hybridized carbons (Fsp3) is 0.235. The molecule has 0 amide bonds. The Morgan fingerprint density at radius 3 is 1.78 bits per heavy atom. The Balaban J connectivity index is 0.000000145. The normalized spacial score (nSPS) is 16.8. The molecule has 46 heavy (non-hydrogen) atoms. The Morgan fingerprint density at radius 2 is 1.26 bits per heavy atom. The molecule has 0 atom stereocenters. The summed E-state index contributed by atoms with van der Waals surface area (Å²) in [5, 5.41) is 0.866. The Bertz CT molecular complexity index is 1850. The summed E-state index contributed by atoms with van der Waals surface area (Å²) in [7, 11) is -0.378. The lowest BCUT2D eigenvalue weighted by Crippen LogP contribution is -2.41. The maximum absolute atomic E-state index is 13.7. The van der Waals surface area contributed by atoms with Crippen LogP contribution in [0.1, 0.15) is 55.6 Å². The van der Waals surface area contributed by atoms with Crippen LogP contribution in [0.3, 0.4) is 0 Å². The lowest BCUT2D eigenvalue weighted by molar-refractivity contribution is 0.00578. The molecule has 4 N–H and O–H groups in total. The minimum Gasteiger partial charge on any atom is -0.400 e. The van der Waals surface area contributed by atoms with Crippen molar-refractivity contribution in [1.29, 1.82) is 0 Å². The zero-order valence-electron chi connectivity index (χ0n) is 25.7. The highest BCUT2D eigenvalue weighted by molar-refractivity contribution is 14.1. The van der Waals surface area contributed by atoms with E-state index in [4.69, 9.17) is 44.0 Å². The Hall–Kier alpha value is -3.03. The Morgan fingerprint density at radius 1 is 0.739 bits per heavy atom. The van der Waals surface area contributed by atoms with Crippen LogP contribution in [0.4, 0.5) is 20.2 Å². The zero-order valence-corrected chi connectivity index (χ0v) is 29.3. The molecule has 6 nitrogen and oxygen atoms in total. The number of nitrogens with zero attached hydrogens (tertiary/aromatic N) is 2. The number of nitrogen functional groups attached to an aromatic ring is 2. The van der Waals surface area contributed by atoms with E-state index in [1.807, 2.05) is 68.5 Å². The van der Waals surface area contributed by atoms with Crippen LogP contribution in [0.2, 0.25) is 10.3 Å². The smallest absolute Gasteiger partial charge is 0.400 e. The van der Waals surface area contributed by atoms with Gasteiger partial charge >= 0.3 is 7.12 Å². The molecule has 1 fully saturated rings. The van der Waals surface area contributed by atoms with Crippen LogP contribution in [0, 0.1) is 15.3 Å². The number of aromatic nitrogens is 2. The summed E-state index contributed by atoms with van der Waals surface area (Å²) < 4.78 is 40.1. The molecule has 4 aromatic rings.